The summed E-state index contributed by atoms with van der Waals surface area (Å²) in [4.78, 5) is 35.3. The van der Waals surface area contributed by atoms with Gasteiger partial charge in [0.25, 0.3) is 0 Å². The van der Waals surface area contributed by atoms with E-state index in [9.17, 15) is 9.59 Å². The van der Waals surface area contributed by atoms with Crippen LogP contribution in [0.3, 0.4) is 0 Å². The molecule has 5 rings (SSSR count). The zero-order valence-corrected chi connectivity index (χ0v) is 26.6. The van der Waals surface area contributed by atoms with Gasteiger partial charge in [-0.2, -0.15) is 0 Å². The minimum absolute atomic E-state index is 0.506. The van der Waals surface area contributed by atoms with Crippen LogP contribution in [0.2, 0.25) is 0 Å². The molecule has 7 heteroatoms. The van der Waals surface area contributed by atoms with E-state index in [-0.39, 0.29) is 0 Å². The normalized spacial score (nSPS) is 11.7. The van der Waals surface area contributed by atoms with Crippen molar-refractivity contribution >= 4 is 51.2 Å². The molecule has 0 aliphatic rings. The highest BCUT2D eigenvalue weighted by Gasteiger charge is 2.19. The van der Waals surface area contributed by atoms with Gasteiger partial charge in [0, 0.05) is 41.7 Å². The van der Waals surface area contributed by atoms with E-state index in [1.54, 1.807) is 13.8 Å². The lowest BCUT2D eigenvalue weighted by molar-refractivity contribution is -0.141. The fourth-order valence-corrected chi connectivity index (χ4v) is 5.35. The van der Waals surface area contributed by atoms with Gasteiger partial charge in [-0.3, -0.25) is 0 Å². The minimum Gasteiger partial charge on any atom is -0.318 e. The van der Waals surface area contributed by atoms with Crippen molar-refractivity contribution < 1.29 is 19.3 Å². The largest absolute Gasteiger partial charge is 0.331 e. The highest BCUT2D eigenvalue weighted by molar-refractivity contribution is 6.06. The zero-order valence-electron chi connectivity index (χ0n) is 26.6. The number of carbonyl (C=O) groups is 2. The van der Waals surface area contributed by atoms with Gasteiger partial charge in [-0.05, 0) is 86.0 Å². The summed E-state index contributed by atoms with van der Waals surface area (Å²) in [6, 6.07) is 39.6. The number of nitrogens with zero attached hydrogens (tertiary/aromatic N) is 3. The van der Waals surface area contributed by atoms with Crippen molar-refractivity contribution in [3.63, 3.8) is 0 Å². The van der Waals surface area contributed by atoms with Gasteiger partial charge in [0.1, 0.15) is 0 Å². The van der Waals surface area contributed by atoms with Crippen molar-refractivity contribution in [1.29, 1.82) is 0 Å². The van der Waals surface area contributed by atoms with Crippen LogP contribution in [-0.4, -0.2) is 23.4 Å². The Balaban J connectivity index is 1.65. The van der Waals surface area contributed by atoms with E-state index in [0.29, 0.717) is 11.4 Å². The summed E-state index contributed by atoms with van der Waals surface area (Å²) < 4.78 is 0. The summed E-state index contributed by atoms with van der Waals surface area (Å²) in [6.07, 6.45) is 2.96. The Morgan fingerprint density at radius 1 is 0.587 bits per heavy atom. The molecule has 0 unspecified atom stereocenters. The fourth-order valence-electron chi connectivity index (χ4n) is 5.35. The summed E-state index contributed by atoms with van der Waals surface area (Å²) in [7, 11) is 0. The predicted molar refractivity (Wildman–Crippen MR) is 185 cm³/mol. The number of benzene rings is 5. The molecule has 7 nitrogen and oxygen atoms in total. The lowest BCUT2D eigenvalue weighted by Gasteiger charge is -2.28. The standard InChI is InChI=1S/C39H37N3O4/c1-27(40-45-29(3)43)34-24-35(28(2)41-46-30(4)44)26-37(25-34)42(39-22-12-19-33-18-8-9-21-38(33)39)36-20-11-17-32(23-36)16-10-15-31-13-6-5-7-14-31/h5-9,11-14,17-26H,10,15-16H2,1-4H3/b40-27-,41-28+. The summed E-state index contributed by atoms with van der Waals surface area (Å²) in [6.45, 7) is 6.17. The Morgan fingerprint density at radius 2 is 1.15 bits per heavy atom. The van der Waals surface area contributed by atoms with Crippen molar-refractivity contribution in [2.45, 2.75) is 47.0 Å². The first-order valence-electron chi connectivity index (χ1n) is 15.3. The number of aryl methyl sites for hydroxylation is 2. The molecule has 0 saturated heterocycles. The average molecular weight is 612 g/mol. The van der Waals surface area contributed by atoms with Crippen molar-refractivity contribution in [1.82, 2.24) is 0 Å². The molecule has 0 amide bonds. The smallest absolute Gasteiger partial charge is 0.318 e. The van der Waals surface area contributed by atoms with Gasteiger partial charge in [-0.25, -0.2) is 9.59 Å². The number of oxime groups is 2. The van der Waals surface area contributed by atoms with E-state index in [2.05, 4.69) is 94.1 Å². The van der Waals surface area contributed by atoms with Crippen LogP contribution < -0.4 is 4.90 Å². The molecule has 0 atom stereocenters. The second-order valence-corrected chi connectivity index (χ2v) is 11.1. The van der Waals surface area contributed by atoms with E-state index in [0.717, 1.165) is 58.2 Å². The number of fused-ring (bicyclic) bond motifs is 1. The van der Waals surface area contributed by atoms with Gasteiger partial charge < -0.3 is 14.6 Å². The maximum atomic E-state index is 11.6. The summed E-state index contributed by atoms with van der Waals surface area (Å²) in [5.41, 5.74) is 7.82. The van der Waals surface area contributed by atoms with Crippen molar-refractivity contribution in [3.8, 4) is 0 Å². The topological polar surface area (TPSA) is 80.6 Å². The molecule has 0 saturated carbocycles. The van der Waals surface area contributed by atoms with Crippen LogP contribution in [0.25, 0.3) is 10.8 Å². The van der Waals surface area contributed by atoms with E-state index in [1.165, 1.54) is 25.0 Å². The van der Waals surface area contributed by atoms with Crippen LogP contribution in [0, 0.1) is 0 Å². The van der Waals surface area contributed by atoms with E-state index in [1.807, 2.05) is 36.4 Å². The first-order valence-corrected chi connectivity index (χ1v) is 15.3. The molecule has 0 N–H and O–H groups in total. The highest BCUT2D eigenvalue weighted by atomic mass is 16.7. The monoisotopic (exact) mass is 611 g/mol. The number of rotatable bonds is 11. The van der Waals surface area contributed by atoms with E-state index < -0.39 is 11.9 Å². The second kappa shape index (κ2) is 14.9. The Morgan fingerprint density at radius 3 is 1.83 bits per heavy atom. The molecular formula is C39H37N3O4. The van der Waals surface area contributed by atoms with Crippen LogP contribution in [0.15, 0.2) is 126 Å². The quantitative estimate of drug-likeness (QED) is 0.0846. The predicted octanol–water partition coefficient (Wildman–Crippen LogP) is 9.06. The number of carbonyl (C=O) groups excluding carboxylic acids is 2. The highest BCUT2D eigenvalue weighted by Crippen LogP contribution is 2.40. The van der Waals surface area contributed by atoms with Gasteiger partial charge >= 0.3 is 11.9 Å². The van der Waals surface area contributed by atoms with Gasteiger partial charge in [0.2, 0.25) is 0 Å². The number of hydrogen-bond acceptors (Lipinski definition) is 7. The van der Waals surface area contributed by atoms with Crippen LogP contribution >= 0.6 is 0 Å². The van der Waals surface area contributed by atoms with Crippen molar-refractivity contribution in [2.75, 3.05) is 4.90 Å². The summed E-state index contributed by atoms with van der Waals surface area (Å²) >= 11 is 0. The third kappa shape index (κ3) is 8.12. The number of anilines is 3. The molecule has 0 spiro atoms. The molecule has 0 radical (unpaired) electrons. The van der Waals surface area contributed by atoms with Gasteiger partial charge in [0.05, 0.1) is 17.1 Å². The third-order valence-electron chi connectivity index (χ3n) is 7.58. The molecule has 46 heavy (non-hydrogen) atoms. The van der Waals surface area contributed by atoms with Crippen LogP contribution in [-0.2, 0) is 32.1 Å². The molecule has 5 aromatic rings. The fraction of sp³-hybridized carbons (Fsp3) is 0.179. The molecule has 0 bridgehead atoms. The van der Waals surface area contributed by atoms with Gasteiger partial charge in [-0.15, -0.1) is 0 Å². The van der Waals surface area contributed by atoms with E-state index in [4.69, 9.17) is 9.68 Å². The first kappa shape index (κ1) is 31.9. The average Bonchev–Trinajstić information content (AvgIpc) is 3.07. The van der Waals surface area contributed by atoms with Gasteiger partial charge in [-0.1, -0.05) is 89.2 Å². The zero-order chi connectivity index (χ0) is 32.5. The summed E-state index contributed by atoms with van der Waals surface area (Å²) in [5.74, 6) is -1.02. The minimum atomic E-state index is -0.509. The Kier molecular flexibility index (Phi) is 10.4. The SMILES string of the molecule is CC(=O)O/N=C(/C)c1cc(/C(C)=N/OC(C)=O)cc(N(c2cccc(CCCc3ccccc3)c2)c2cccc3ccccc23)c1. The molecule has 232 valence electrons. The van der Waals surface area contributed by atoms with Crippen LogP contribution in [0.1, 0.15) is 56.4 Å². The lowest BCUT2D eigenvalue weighted by Crippen LogP contribution is -2.13. The Bertz CT molecular complexity index is 1860. The summed E-state index contributed by atoms with van der Waals surface area (Å²) in [5, 5.41) is 10.3. The first-order chi connectivity index (χ1) is 22.3. The maximum absolute atomic E-state index is 11.6. The Labute approximate surface area is 269 Å². The van der Waals surface area contributed by atoms with Crippen molar-refractivity contribution in [2.24, 2.45) is 10.3 Å². The molecule has 0 aromatic heterocycles. The van der Waals surface area contributed by atoms with Gasteiger partial charge in [0.15, 0.2) is 0 Å². The maximum Gasteiger partial charge on any atom is 0.331 e. The molecular weight excluding hydrogens is 574 g/mol. The molecule has 0 heterocycles. The molecule has 0 aliphatic heterocycles. The third-order valence-corrected chi connectivity index (χ3v) is 7.58. The van der Waals surface area contributed by atoms with Crippen LogP contribution in [0.5, 0.6) is 0 Å². The molecule has 5 aromatic carbocycles. The molecule has 0 fully saturated rings. The van der Waals surface area contributed by atoms with Crippen LogP contribution in [0.4, 0.5) is 17.1 Å². The lowest BCUT2D eigenvalue weighted by atomic mass is 10.00. The second-order valence-electron chi connectivity index (χ2n) is 11.1. The number of hydrogen-bond donors (Lipinski definition) is 0. The Hall–Kier alpha value is -5.56. The van der Waals surface area contributed by atoms with Crippen molar-refractivity contribution in [3.05, 3.63) is 138 Å². The van der Waals surface area contributed by atoms with E-state index >= 15 is 0 Å². The molecule has 0 aliphatic carbocycles.